The lowest BCUT2D eigenvalue weighted by Crippen LogP contribution is -2.58. The zero-order chi connectivity index (χ0) is 18.7. The van der Waals surface area contributed by atoms with Crippen molar-refractivity contribution in [1.29, 1.82) is 0 Å². The number of nitrogens with zero attached hydrogens (tertiary/aromatic N) is 3. The third kappa shape index (κ3) is 2.26. The molecule has 1 aromatic heterocycles. The van der Waals surface area contributed by atoms with Crippen LogP contribution in [0, 0.1) is 5.21 Å². The van der Waals surface area contributed by atoms with E-state index in [-0.39, 0.29) is 11.7 Å². The molecule has 1 aromatic carbocycles. The Morgan fingerprint density at radius 1 is 1.15 bits per heavy atom. The lowest BCUT2D eigenvalue weighted by Gasteiger charge is -2.52. The number of methoxy groups -OCH3 is 2. The molecule has 2 unspecified atom stereocenters. The van der Waals surface area contributed by atoms with Gasteiger partial charge in [0.25, 0.3) is 0 Å². The minimum absolute atomic E-state index is 0.00813. The molecule has 7 nitrogen and oxygen atoms in total. The van der Waals surface area contributed by atoms with E-state index in [1.165, 1.54) is 0 Å². The number of rotatable bonds is 3. The number of hydrogen-bond acceptors (Lipinski definition) is 6. The van der Waals surface area contributed by atoms with Gasteiger partial charge >= 0.3 is 5.82 Å². The topological polar surface area (TPSA) is 80.4 Å². The van der Waals surface area contributed by atoms with Crippen LogP contribution in [0.15, 0.2) is 18.2 Å². The van der Waals surface area contributed by atoms with Crippen LogP contribution in [0.4, 0.5) is 0 Å². The van der Waals surface area contributed by atoms with Crippen LogP contribution in [0.25, 0.3) is 11.4 Å². The van der Waals surface area contributed by atoms with Gasteiger partial charge in [0.2, 0.25) is 0 Å². The fourth-order valence-electron chi connectivity index (χ4n) is 4.34. The summed E-state index contributed by atoms with van der Waals surface area (Å²) in [5.74, 6) is 1.39. The molecule has 2 aliphatic heterocycles. The van der Waals surface area contributed by atoms with Crippen molar-refractivity contribution in [1.82, 2.24) is 10.2 Å². The second-order valence-electron chi connectivity index (χ2n) is 7.65. The SMILES string of the molecule is COc1ccc(-c2nnc3c([n+]2[O-])C2CCC3(C)OC2(C)C)cc1OC. The molecule has 0 amide bonds. The van der Waals surface area contributed by atoms with Crippen molar-refractivity contribution < 1.29 is 18.9 Å². The normalized spacial score (nSPS) is 25.7. The molecule has 1 fully saturated rings. The molecule has 3 aliphatic rings. The van der Waals surface area contributed by atoms with Crippen molar-refractivity contribution in [2.24, 2.45) is 0 Å². The highest BCUT2D eigenvalue weighted by Gasteiger charge is 2.56. The number of hydrogen-bond donors (Lipinski definition) is 0. The Hall–Kier alpha value is -2.41. The van der Waals surface area contributed by atoms with Crippen molar-refractivity contribution in [2.75, 3.05) is 14.2 Å². The molecular weight excluding hydrogens is 334 g/mol. The van der Waals surface area contributed by atoms with E-state index in [2.05, 4.69) is 10.2 Å². The molecule has 7 heteroatoms. The average molecular weight is 357 g/mol. The number of ether oxygens (including phenoxy) is 3. The van der Waals surface area contributed by atoms with Crippen LogP contribution >= 0.6 is 0 Å². The maximum absolute atomic E-state index is 13.3. The predicted molar refractivity (Wildman–Crippen MR) is 94.0 cm³/mol. The Bertz CT molecular complexity index is 883. The highest BCUT2D eigenvalue weighted by molar-refractivity contribution is 5.59. The van der Waals surface area contributed by atoms with Crippen molar-refractivity contribution in [2.45, 2.75) is 50.7 Å². The summed E-state index contributed by atoms with van der Waals surface area (Å²) in [7, 11) is 3.13. The zero-order valence-electron chi connectivity index (χ0n) is 15.7. The fraction of sp³-hybridized carbons (Fsp3) is 0.526. The maximum atomic E-state index is 13.3. The second-order valence-corrected chi connectivity index (χ2v) is 7.65. The lowest BCUT2D eigenvalue weighted by molar-refractivity contribution is -0.613. The molecule has 26 heavy (non-hydrogen) atoms. The van der Waals surface area contributed by atoms with Gasteiger partial charge in [0.1, 0.15) is 11.3 Å². The van der Waals surface area contributed by atoms with Gasteiger partial charge in [-0.1, -0.05) is 0 Å². The van der Waals surface area contributed by atoms with Crippen LogP contribution in [0.2, 0.25) is 0 Å². The minimum Gasteiger partial charge on any atom is -0.710 e. The molecule has 138 valence electrons. The first-order valence-electron chi connectivity index (χ1n) is 8.74. The first-order valence-corrected chi connectivity index (χ1v) is 8.74. The maximum Gasteiger partial charge on any atom is 0.361 e. The highest BCUT2D eigenvalue weighted by atomic mass is 16.5. The summed E-state index contributed by atoms with van der Waals surface area (Å²) >= 11 is 0. The molecule has 0 N–H and O–H groups in total. The largest absolute Gasteiger partial charge is 0.710 e. The van der Waals surface area contributed by atoms with Gasteiger partial charge in [0, 0.05) is 0 Å². The molecule has 0 spiro atoms. The molecule has 1 aliphatic carbocycles. The number of fused-ring (bicyclic) bond motifs is 2. The van der Waals surface area contributed by atoms with Crippen LogP contribution in [-0.2, 0) is 10.3 Å². The molecule has 5 rings (SSSR count). The van der Waals surface area contributed by atoms with E-state index in [1.807, 2.05) is 20.8 Å². The van der Waals surface area contributed by atoms with E-state index >= 15 is 0 Å². The molecule has 3 heterocycles. The van der Waals surface area contributed by atoms with E-state index in [9.17, 15) is 5.21 Å². The van der Waals surface area contributed by atoms with Gasteiger partial charge in [-0.25, -0.2) is 4.73 Å². The minimum atomic E-state index is -0.567. The first kappa shape index (κ1) is 17.0. The Morgan fingerprint density at radius 3 is 2.54 bits per heavy atom. The highest BCUT2D eigenvalue weighted by Crippen LogP contribution is 2.54. The van der Waals surface area contributed by atoms with Crippen molar-refractivity contribution in [3.05, 3.63) is 34.8 Å². The van der Waals surface area contributed by atoms with Crippen molar-refractivity contribution >= 4 is 0 Å². The summed E-state index contributed by atoms with van der Waals surface area (Å²) in [6.45, 7) is 6.07. The van der Waals surface area contributed by atoms with Crippen LogP contribution in [0.1, 0.15) is 50.9 Å². The van der Waals surface area contributed by atoms with Crippen LogP contribution in [-0.4, -0.2) is 30.0 Å². The van der Waals surface area contributed by atoms with Crippen molar-refractivity contribution in [3.63, 3.8) is 0 Å². The summed E-state index contributed by atoms with van der Waals surface area (Å²) in [4.78, 5) is 0. The third-order valence-corrected chi connectivity index (χ3v) is 5.61. The van der Waals surface area contributed by atoms with E-state index in [1.54, 1.807) is 32.4 Å². The number of benzene rings is 1. The molecular formula is C19H23N3O4. The molecule has 2 atom stereocenters. The van der Waals surface area contributed by atoms with Gasteiger partial charge in [-0.3, -0.25) is 0 Å². The summed E-state index contributed by atoms with van der Waals surface area (Å²) in [6.07, 6.45) is 1.74. The number of aromatic nitrogens is 3. The third-order valence-electron chi connectivity index (χ3n) is 5.61. The molecule has 2 aromatic rings. The Balaban J connectivity index is 1.89. The summed E-state index contributed by atoms with van der Waals surface area (Å²) in [5.41, 5.74) is 0.993. The summed E-state index contributed by atoms with van der Waals surface area (Å²) in [5, 5.41) is 21.9. The second kappa shape index (κ2) is 5.54. The van der Waals surface area contributed by atoms with Crippen LogP contribution in [0.5, 0.6) is 11.5 Å². The van der Waals surface area contributed by atoms with Gasteiger partial charge in [-0.2, -0.15) is 0 Å². The van der Waals surface area contributed by atoms with Gasteiger partial charge in [0.05, 0.1) is 36.4 Å². The van der Waals surface area contributed by atoms with E-state index in [0.29, 0.717) is 28.5 Å². The Labute approximate surface area is 152 Å². The van der Waals surface area contributed by atoms with Gasteiger partial charge in [-0.05, 0) is 56.9 Å². The van der Waals surface area contributed by atoms with E-state index in [4.69, 9.17) is 14.2 Å². The zero-order valence-corrected chi connectivity index (χ0v) is 15.7. The lowest BCUT2D eigenvalue weighted by atomic mass is 9.69. The van der Waals surface area contributed by atoms with E-state index < -0.39 is 11.2 Å². The average Bonchev–Trinajstić information content (AvgIpc) is 2.60. The smallest absolute Gasteiger partial charge is 0.361 e. The van der Waals surface area contributed by atoms with Crippen molar-refractivity contribution in [3.8, 4) is 22.9 Å². The van der Waals surface area contributed by atoms with Crippen LogP contribution < -0.4 is 14.2 Å². The van der Waals surface area contributed by atoms with Crippen LogP contribution in [0.3, 0.4) is 0 Å². The fourth-order valence-corrected chi connectivity index (χ4v) is 4.34. The summed E-state index contributed by atoms with van der Waals surface area (Å²) < 4.78 is 17.8. The van der Waals surface area contributed by atoms with Gasteiger partial charge in [-0.15, -0.1) is 0 Å². The molecule has 1 saturated heterocycles. The standard InChI is InChI=1S/C19H23N3O4/c1-18(2)12-8-9-19(3,26-18)16-15(12)22(23)17(21-20-16)11-6-7-13(24-4)14(10-11)25-5/h6-7,10,12H,8-9H2,1-5H3. The first-order chi connectivity index (χ1) is 12.3. The van der Waals surface area contributed by atoms with E-state index in [0.717, 1.165) is 17.6 Å². The van der Waals surface area contributed by atoms with Gasteiger partial charge < -0.3 is 19.4 Å². The Morgan fingerprint density at radius 2 is 1.88 bits per heavy atom. The Kier molecular flexibility index (Phi) is 3.63. The quantitative estimate of drug-likeness (QED) is 0.621. The predicted octanol–water partition coefficient (Wildman–Crippen LogP) is 2.70. The molecule has 2 bridgehead atoms. The monoisotopic (exact) mass is 357 g/mol. The molecule has 0 saturated carbocycles. The van der Waals surface area contributed by atoms with Gasteiger partial charge in [0.15, 0.2) is 17.2 Å². The summed E-state index contributed by atoms with van der Waals surface area (Å²) in [6, 6.07) is 5.29. The molecule has 0 radical (unpaired) electrons.